The SMILES string of the molecule is CCCC(Br)CCc1ccc(OC(C)C)cc1. The highest BCUT2D eigenvalue weighted by molar-refractivity contribution is 9.09. The van der Waals surface area contributed by atoms with Crippen molar-refractivity contribution in [3.05, 3.63) is 29.8 Å². The fraction of sp³-hybridized carbons (Fsp3) is 0.600. The molecule has 0 radical (unpaired) electrons. The summed E-state index contributed by atoms with van der Waals surface area (Å²) in [6, 6.07) is 8.48. The van der Waals surface area contributed by atoms with E-state index in [9.17, 15) is 0 Å². The van der Waals surface area contributed by atoms with Gasteiger partial charge in [0.1, 0.15) is 5.75 Å². The van der Waals surface area contributed by atoms with Gasteiger partial charge in [-0.2, -0.15) is 0 Å². The summed E-state index contributed by atoms with van der Waals surface area (Å²) in [7, 11) is 0. The molecule has 96 valence electrons. The lowest BCUT2D eigenvalue weighted by atomic mass is 10.1. The molecule has 0 aromatic heterocycles. The van der Waals surface area contributed by atoms with Gasteiger partial charge in [0.25, 0.3) is 0 Å². The number of hydrogen-bond acceptors (Lipinski definition) is 1. The molecule has 0 bridgehead atoms. The third kappa shape index (κ3) is 6.11. The van der Waals surface area contributed by atoms with Gasteiger partial charge in [-0.15, -0.1) is 0 Å². The van der Waals surface area contributed by atoms with Crippen molar-refractivity contribution in [1.29, 1.82) is 0 Å². The zero-order chi connectivity index (χ0) is 12.7. The molecule has 0 saturated carbocycles. The molecule has 0 aliphatic rings. The Bertz CT molecular complexity index is 305. The quantitative estimate of drug-likeness (QED) is 0.646. The molecule has 1 rings (SSSR count). The van der Waals surface area contributed by atoms with Crippen LogP contribution in [0.3, 0.4) is 0 Å². The molecule has 1 nitrogen and oxygen atoms in total. The Morgan fingerprint density at radius 2 is 1.76 bits per heavy atom. The van der Waals surface area contributed by atoms with Crippen LogP contribution in [0.4, 0.5) is 0 Å². The van der Waals surface area contributed by atoms with Gasteiger partial charge in [-0.25, -0.2) is 0 Å². The van der Waals surface area contributed by atoms with Crippen LogP contribution in [0.1, 0.15) is 45.6 Å². The van der Waals surface area contributed by atoms with Crippen LogP contribution in [-0.4, -0.2) is 10.9 Å². The Hall–Kier alpha value is -0.500. The van der Waals surface area contributed by atoms with Crippen molar-refractivity contribution in [3.63, 3.8) is 0 Å². The summed E-state index contributed by atoms with van der Waals surface area (Å²) in [5.74, 6) is 0.965. The number of benzene rings is 1. The van der Waals surface area contributed by atoms with Crippen LogP contribution < -0.4 is 4.74 Å². The molecule has 0 aliphatic carbocycles. The van der Waals surface area contributed by atoms with Crippen molar-refractivity contribution < 1.29 is 4.74 Å². The molecule has 2 heteroatoms. The summed E-state index contributed by atoms with van der Waals surface area (Å²) in [4.78, 5) is 0.652. The highest BCUT2D eigenvalue weighted by atomic mass is 79.9. The van der Waals surface area contributed by atoms with E-state index >= 15 is 0 Å². The Labute approximate surface area is 114 Å². The molecule has 0 N–H and O–H groups in total. The predicted octanol–water partition coefficient (Wildman–Crippen LogP) is 4.97. The third-order valence-corrected chi connectivity index (χ3v) is 3.56. The fourth-order valence-corrected chi connectivity index (χ4v) is 2.47. The minimum atomic E-state index is 0.248. The van der Waals surface area contributed by atoms with Gasteiger partial charge in [0, 0.05) is 4.83 Å². The van der Waals surface area contributed by atoms with Crippen molar-refractivity contribution in [2.75, 3.05) is 0 Å². The van der Waals surface area contributed by atoms with Crippen molar-refractivity contribution >= 4 is 15.9 Å². The van der Waals surface area contributed by atoms with Crippen molar-refractivity contribution in [1.82, 2.24) is 0 Å². The van der Waals surface area contributed by atoms with Gasteiger partial charge < -0.3 is 4.74 Å². The maximum absolute atomic E-state index is 5.62. The molecule has 1 aromatic rings. The second-order valence-corrected chi connectivity index (χ2v) is 6.03. The lowest BCUT2D eigenvalue weighted by Gasteiger charge is -2.11. The predicted molar refractivity (Wildman–Crippen MR) is 78.2 cm³/mol. The molecule has 0 aliphatic heterocycles. The fourth-order valence-electron chi connectivity index (χ4n) is 1.79. The van der Waals surface area contributed by atoms with Gasteiger partial charge >= 0.3 is 0 Å². The normalized spacial score (nSPS) is 12.8. The second-order valence-electron chi connectivity index (χ2n) is 4.74. The van der Waals surface area contributed by atoms with E-state index in [-0.39, 0.29) is 6.10 Å². The van der Waals surface area contributed by atoms with Crippen molar-refractivity contribution in [2.45, 2.75) is 57.4 Å². The summed E-state index contributed by atoms with van der Waals surface area (Å²) < 4.78 is 5.62. The Morgan fingerprint density at radius 1 is 1.12 bits per heavy atom. The van der Waals surface area contributed by atoms with E-state index in [1.54, 1.807) is 0 Å². The van der Waals surface area contributed by atoms with E-state index in [0.717, 1.165) is 12.2 Å². The van der Waals surface area contributed by atoms with Crippen molar-refractivity contribution in [2.24, 2.45) is 0 Å². The van der Waals surface area contributed by atoms with Gasteiger partial charge in [0.2, 0.25) is 0 Å². The number of aryl methyl sites for hydroxylation is 1. The van der Waals surface area contributed by atoms with Crippen LogP contribution >= 0.6 is 15.9 Å². The Balaban J connectivity index is 2.40. The summed E-state index contributed by atoms with van der Waals surface area (Å²) in [5, 5.41) is 0. The average Bonchev–Trinajstić information content (AvgIpc) is 2.28. The average molecular weight is 299 g/mol. The minimum absolute atomic E-state index is 0.248. The first-order valence-electron chi connectivity index (χ1n) is 6.51. The van der Waals surface area contributed by atoms with E-state index in [2.05, 4.69) is 47.1 Å². The number of alkyl halides is 1. The molecular formula is C15H23BrO. The molecule has 0 spiro atoms. The van der Waals surface area contributed by atoms with E-state index in [0.29, 0.717) is 4.83 Å². The van der Waals surface area contributed by atoms with Crippen LogP contribution in [0.2, 0.25) is 0 Å². The number of halogens is 1. The summed E-state index contributed by atoms with van der Waals surface area (Å²) >= 11 is 3.72. The topological polar surface area (TPSA) is 9.23 Å². The lowest BCUT2D eigenvalue weighted by molar-refractivity contribution is 0.242. The first-order chi connectivity index (χ1) is 8.11. The van der Waals surface area contributed by atoms with Crippen LogP contribution in [0.15, 0.2) is 24.3 Å². The smallest absolute Gasteiger partial charge is 0.119 e. The van der Waals surface area contributed by atoms with E-state index in [4.69, 9.17) is 4.74 Å². The van der Waals surface area contributed by atoms with E-state index in [1.165, 1.54) is 24.8 Å². The highest BCUT2D eigenvalue weighted by Gasteiger charge is 2.03. The van der Waals surface area contributed by atoms with Gasteiger partial charge in [0.15, 0.2) is 0 Å². The van der Waals surface area contributed by atoms with Crippen LogP contribution in [0, 0.1) is 0 Å². The standard InChI is InChI=1S/C15H23BrO/c1-4-5-14(16)9-6-13-7-10-15(11-8-13)17-12(2)3/h7-8,10-12,14H,4-6,9H2,1-3H3. The molecule has 0 fully saturated rings. The maximum atomic E-state index is 5.62. The van der Waals surface area contributed by atoms with Gasteiger partial charge in [-0.1, -0.05) is 41.4 Å². The minimum Gasteiger partial charge on any atom is -0.491 e. The zero-order valence-electron chi connectivity index (χ0n) is 11.1. The van der Waals surface area contributed by atoms with Crippen LogP contribution in [0.25, 0.3) is 0 Å². The van der Waals surface area contributed by atoms with Gasteiger partial charge in [-0.3, -0.25) is 0 Å². The monoisotopic (exact) mass is 298 g/mol. The van der Waals surface area contributed by atoms with Gasteiger partial charge in [-0.05, 0) is 50.8 Å². The van der Waals surface area contributed by atoms with Crippen molar-refractivity contribution in [3.8, 4) is 5.75 Å². The molecule has 0 amide bonds. The summed E-state index contributed by atoms with van der Waals surface area (Å²) in [6.45, 7) is 6.33. The first kappa shape index (κ1) is 14.6. The van der Waals surface area contributed by atoms with E-state index < -0.39 is 0 Å². The van der Waals surface area contributed by atoms with Crippen LogP contribution in [0.5, 0.6) is 5.75 Å². The molecule has 17 heavy (non-hydrogen) atoms. The molecule has 1 unspecified atom stereocenters. The Kier molecular flexibility index (Phi) is 6.64. The Morgan fingerprint density at radius 3 is 2.29 bits per heavy atom. The third-order valence-electron chi connectivity index (χ3n) is 2.64. The van der Waals surface area contributed by atoms with E-state index in [1.807, 2.05) is 13.8 Å². The molecule has 1 atom stereocenters. The largest absolute Gasteiger partial charge is 0.491 e. The molecular weight excluding hydrogens is 276 g/mol. The first-order valence-corrected chi connectivity index (χ1v) is 7.43. The summed E-state index contributed by atoms with van der Waals surface area (Å²) in [6.07, 6.45) is 5.10. The molecule has 0 saturated heterocycles. The lowest BCUT2D eigenvalue weighted by Crippen LogP contribution is -2.05. The number of rotatable bonds is 7. The highest BCUT2D eigenvalue weighted by Crippen LogP contribution is 2.18. The number of hydrogen-bond donors (Lipinski definition) is 0. The molecule has 0 heterocycles. The maximum Gasteiger partial charge on any atom is 0.119 e. The molecule has 1 aromatic carbocycles. The zero-order valence-corrected chi connectivity index (χ0v) is 12.7. The van der Waals surface area contributed by atoms with Gasteiger partial charge in [0.05, 0.1) is 6.10 Å². The second kappa shape index (κ2) is 7.75. The van der Waals surface area contributed by atoms with Crippen LogP contribution in [-0.2, 0) is 6.42 Å². The summed E-state index contributed by atoms with van der Waals surface area (Å²) in [5.41, 5.74) is 1.39. The number of ether oxygens (including phenoxy) is 1.